The molecule has 1 saturated carbocycles. The van der Waals surface area contributed by atoms with Crippen LogP contribution in [0.4, 0.5) is 13.2 Å². The molecule has 19 heavy (non-hydrogen) atoms. The first-order valence-electron chi connectivity index (χ1n) is 6.79. The Morgan fingerprint density at radius 3 is 2.42 bits per heavy atom. The van der Waals surface area contributed by atoms with Crippen molar-refractivity contribution in [2.75, 3.05) is 6.54 Å². The van der Waals surface area contributed by atoms with Crippen LogP contribution in [0.2, 0.25) is 0 Å². The molecule has 1 fully saturated rings. The van der Waals surface area contributed by atoms with Crippen molar-refractivity contribution in [3.05, 3.63) is 35.4 Å². The highest BCUT2D eigenvalue weighted by atomic mass is 19.4. The lowest BCUT2D eigenvalue weighted by molar-refractivity contribution is -0.138. The van der Waals surface area contributed by atoms with E-state index in [4.69, 9.17) is 0 Å². The van der Waals surface area contributed by atoms with Gasteiger partial charge in [0.05, 0.1) is 5.56 Å². The van der Waals surface area contributed by atoms with Gasteiger partial charge in [0, 0.05) is 6.04 Å². The first kappa shape index (κ1) is 14.4. The van der Waals surface area contributed by atoms with Crippen molar-refractivity contribution in [3.63, 3.8) is 0 Å². The minimum atomic E-state index is -4.25. The fraction of sp³-hybridized carbons (Fsp3) is 0.600. The summed E-state index contributed by atoms with van der Waals surface area (Å²) in [5.74, 6) is 0.370. The van der Waals surface area contributed by atoms with Gasteiger partial charge in [0.25, 0.3) is 0 Å². The highest BCUT2D eigenvalue weighted by molar-refractivity contribution is 5.34. The van der Waals surface area contributed by atoms with Crippen LogP contribution in [0.25, 0.3) is 0 Å². The molecular weight excluding hydrogens is 251 g/mol. The Hall–Kier alpha value is -1.03. The first-order valence-corrected chi connectivity index (χ1v) is 6.79. The van der Waals surface area contributed by atoms with Crippen molar-refractivity contribution in [3.8, 4) is 0 Å². The summed E-state index contributed by atoms with van der Waals surface area (Å²) in [7, 11) is 0. The van der Waals surface area contributed by atoms with Gasteiger partial charge in [0.15, 0.2) is 0 Å². The number of nitrogens with one attached hydrogen (secondary N) is 1. The fourth-order valence-electron chi connectivity index (χ4n) is 2.69. The molecule has 2 rings (SSSR count). The lowest BCUT2D eigenvalue weighted by Crippen LogP contribution is -2.37. The Labute approximate surface area is 112 Å². The molecule has 0 aliphatic heterocycles. The zero-order chi connectivity index (χ0) is 14.0. The summed E-state index contributed by atoms with van der Waals surface area (Å²) < 4.78 is 39.0. The van der Waals surface area contributed by atoms with Crippen LogP contribution in [0.15, 0.2) is 24.3 Å². The van der Waals surface area contributed by atoms with Crippen molar-refractivity contribution in [1.29, 1.82) is 0 Å². The summed E-state index contributed by atoms with van der Waals surface area (Å²) in [5.41, 5.74) is 0.00560. The molecule has 1 aliphatic rings. The third kappa shape index (κ3) is 3.30. The SMILES string of the molecule is CC(C)NCC1CCC1c1ccccc1C(F)(F)F. The van der Waals surface area contributed by atoms with Gasteiger partial charge in [-0.25, -0.2) is 0 Å². The Morgan fingerprint density at radius 1 is 1.21 bits per heavy atom. The second-order valence-corrected chi connectivity index (χ2v) is 5.59. The maximum Gasteiger partial charge on any atom is 0.416 e. The van der Waals surface area contributed by atoms with Crippen LogP contribution in [0.3, 0.4) is 0 Å². The van der Waals surface area contributed by atoms with E-state index in [1.165, 1.54) is 12.1 Å². The summed E-state index contributed by atoms with van der Waals surface area (Å²) in [6.07, 6.45) is -2.38. The van der Waals surface area contributed by atoms with E-state index in [0.29, 0.717) is 17.5 Å². The van der Waals surface area contributed by atoms with E-state index in [-0.39, 0.29) is 5.92 Å². The summed E-state index contributed by atoms with van der Waals surface area (Å²) in [6, 6.07) is 6.37. The standard InChI is InChI=1S/C15H20F3N/c1-10(2)19-9-11-7-8-12(11)13-5-3-4-6-14(13)15(16,17)18/h3-6,10-12,19H,7-9H2,1-2H3. The second-order valence-electron chi connectivity index (χ2n) is 5.59. The van der Waals surface area contributed by atoms with Crippen LogP contribution < -0.4 is 5.32 Å². The van der Waals surface area contributed by atoms with Crippen LogP contribution in [-0.4, -0.2) is 12.6 Å². The monoisotopic (exact) mass is 271 g/mol. The van der Waals surface area contributed by atoms with Gasteiger partial charge >= 0.3 is 6.18 Å². The largest absolute Gasteiger partial charge is 0.416 e. The van der Waals surface area contributed by atoms with Gasteiger partial charge in [-0.1, -0.05) is 32.0 Å². The van der Waals surface area contributed by atoms with Crippen LogP contribution in [0.5, 0.6) is 0 Å². The molecule has 1 nitrogen and oxygen atoms in total. The molecule has 2 unspecified atom stereocenters. The van der Waals surface area contributed by atoms with Gasteiger partial charge in [-0.2, -0.15) is 13.2 Å². The Balaban J connectivity index is 2.14. The van der Waals surface area contributed by atoms with Gasteiger partial charge in [0.2, 0.25) is 0 Å². The van der Waals surface area contributed by atoms with Crippen LogP contribution in [-0.2, 0) is 6.18 Å². The third-order valence-corrected chi connectivity index (χ3v) is 3.87. The molecule has 0 spiro atoms. The smallest absolute Gasteiger partial charge is 0.314 e. The fourth-order valence-corrected chi connectivity index (χ4v) is 2.69. The Kier molecular flexibility index (Phi) is 4.19. The molecule has 0 bridgehead atoms. The average molecular weight is 271 g/mol. The summed E-state index contributed by atoms with van der Waals surface area (Å²) >= 11 is 0. The number of benzene rings is 1. The molecule has 0 heterocycles. The van der Waals surface area contributed by atoms with Crippen molar-refractivity contribution in [2.24, 2.45) is 5.92 Å². The first-order chi connectivity index (χ1) is 8.89. The van der Waals surface area contributed by atoms with E-state index in [2.05, 4.69) is 19.2 Å². The normalized spacial score (nSPS) is 23.5. The predicted molar refractivity (Wildman–Crippen MR) is 70.0 cm³/mol. The second kappa shape index (κ2) is 5.53. The molecule has 2 atom stereocenters. The van der Waals surface area contributed by atoms with Crippen molar-refractivity contribution in [1.82, 2.24) is 5.32 Å². The highest BCUT2D eigenvalue weighted by Gasteiger charge is 2.39. The number of alkyl halides is 3. The van der Waals surface area contributed by atoms with Gasteiger partial charge in [-0.05, 0) is 42.9 Å². The Bertz CT molecular complexity index is 426. The van der Waals surface area contributed by atoms with E-state index < -0.39 is 11.7 Å². The summed E-state index contributed by atoms with van der Waals surface area (Å²) in [6.45, 7) is 4.91. The number of hydrogen-bond donors (Lipinski definition) is 1. The molecule has 1 aromatic carbocycles. The highest BCUT2D eigenvalue weighted by Crippen LogP contribution is 2.46. The average Bonchev–Trinajstić information content (AvgIpc) is 2.26. The number of halogens is 3. The molecule has 1 N–H and O–H groups in total. The summed E-state index contributed by atoms with van der Waals surface area (Å²) in [4.78, 5) is 0. The molecular formula is C15H20F3N. The lowest BCUT2D eigenvalue weighted by Gasteiger charge is -2.39. The van der Waals surface area contributed by atoms with E-state index in [1.54, 1.807) is 12.1 Å². The van der Waals surface area contributed by atoms with Crippen LogP contribution in [0, 0.1) is 5.92 Å². The number of rotatable bonds is 4. The predicted octanol–water partition coefficient (Wildman–Crippen LogP) is 4.20. The minimum Gasteiger partial charge on any atom is -0.314 e. The molecule has 0 saturated heterocycles. The van der Waals surface area contributed by atoms with Gasteiger partial charge in [-0.15, -0.1) is 0 Å². The quantitative estimate of drug-likeness (QED) is 0.865. The Morgan fingerprint density at radius 2 is 1.89 bits per heavy atom. The zero-order valence-corrected chi connectivity index (χ0v) is 11.3. The van der Waals surface area contributed by atoms with Crippen LogP contribution >= 0.6 is 0 Å². The molecule has 106 valence electrons. The van der Waals surface area contributed by atoms with Crippen molar-refractivity contribution >= 4 is 0 Å². The topological polar surface area (TPSA) is 12.0 Å². The summed E-state index contributed by atoms with van der Waals surface area (Å²) in [5, 5.41) is 3.32. The van der Waals surface area contributed by atoms with Crippen LogP contribution in [0.1, 0.15) is 43.7 Å². The number of hydrogen-bond acceptors (Lipinski definition) is 1. The van der Waals surface area contributed by atoms with E-state index >= 15 is 0 Å². The van der Waals surface area contributed by atoms with Crippen molar-refractivity contribution < 1.29 is 13.2 Å². The lowest BCUT2D eigenvalue weighted by atomic mass is 9.68. The van der Waals surface area contributed by atoms with Crippen molar-refractivity contribution in [2.45, 2.75) is 44.8 Å². The zero-order valence-electron chi connectivity index (χ0n) is 11.3. The molecule has 0 amide bonds. The maximum atomic E-state index is 13.0. The molecule has 1 aliphatic carbocycles. The molecule has 0 aromatic heterocycles. The van der Waals surface area contributed by atoms with E-state index in [0.717, 1.165) is 19.4 Å². The van der Waals surface area contributed by atoms with Gasteiger partial charge < -0.3 is 5.32 Å². The molecule has 4 heteroatoms. The third-order valence-electron chi connectivity index (χ3n) is 3.87. The maximum absolute atomic E-state index is 13.0. The molecule has 1 aromatic rings. The van der Waals surface area contributed by atoms with E-state index in [9.17, 15) is 13.2 Å². The minimum absolute atomic E-state index is 0.0454. The van der Waals surface area contributed by atoms with Gasteiger partial charge in [0.1, 0.15) is 0 Å². The van der Waals surface area contributed by atoms with E-state index in [1.807, 2.05) is 0 Å². The van der Waals surface area contributed by atoms with Gasteiger partial charge in [-0.3, -0.25) is 0 Å². The molecule has 0 radical (unpaired) electrons.